The van der Waals surface area contributed by atoms with E-state index in [0.29, 0.717) is 42.5 Å². The third kappa shape index (κ3) is 4.06. The number of carbonyl (C=O) groups is 1. The third-order valence-corrected chi connectivity index (χ3v) is 6.00. The average molecular weight is 394 g/mol. The van der Waals surface area contributed by atoms with Crippen molar-refractivity contribution in [1.82, 2.24) is 15.6 Å². The van der Waals surface area contributed by atoms with Gasteiger partial charge >= 0.3 is 0 Å². The zero-order chi connectivity index (χ0) is 19.6. The second kappa shape index (κ2) is 8.00. The van der Waals surface area contributed by atoms with Gasteiger partial charge in [-0.25, -0.2) is 0 Å². The molecule has 3 aliphatic heterocycles. The van der Waals surface area contributed by atoms with Crippen molar-refractivity contribution in [2.24, 2.45) is 0 Å². The van der Waals surface area contributed by atoms with Gasteiger partial charge in [-0.05, 0) is 49.6 Å². The summed E-state index contributed by atoms with van der Waals surface area (Å²) in [5.74, 6) is 2.07. The van der Waals surface area contributed by atoms with Crippen LogP contribution in [0.3, 0.4) is 0 Å². The first-order valence-corrected chi connectivity index (χ1v) is 10.4. The lowest BCUT2D eigenvalue weighted by molar-refractivity contribution is 0.0931. The van der Waals surface area contributed by atoms with Crippen molar-refractivity contribution >= 4 is 11.7 Å². The van der Waals surface area contributed by atoms with Gasteiger partial charge in [0.15, 0.2) is 0 Å². The number of nitrogens with zero attached hydrogens (tertiary/aromatic N) is 2. The Kier molecular flexibility index (Phi) is 5.08. The molecule has 1 aromatic carbocycles. The summed E-state index contributed by atoms with van der Waals surface area (Å²) in [4.78, 5) is 19.3. The summed E-state index contributed by atoms with van der Waals surface area (Å²) in [7, 11) is 0. The fraction of sp³-hybridized carbons (Fsp3) is 0.455. The Morgan fingerprint density at radius 2 is 1.97 bits per heavy atom. The zero-order valence-electron chi connectivity index (χ0n) is 16.3. The molecule has 0 radical (unpaired) electrons. The van der Waals surface area contributed by atoms with Gasteiger partial charge in [0.05, 0.1) is 13.2 Å². The van der Waals surface area contributed by atoms with Crippen LogP contribution in [0.5, 0.6) is 11.6 Å². The van der Waals surface area contributed by atoms with E-state index in [0.717, 1.165) is 31.7 Å². The molecule has 3 fully saturated rings. The minimum Gasteiger partial charge on any atom is -0.439 e. The maximum Gasteiger partial charge on any atom is 0.251 e. The van der Waals surface area contributed by atoms with Crippen LogP contribution in [0.25, 0.3) is 0 Å². The summed E-state index contributed by atoms with van der Waals surface area (Å²) in [6.07, 6.45) is 3.41. The van der Waals surface area contributed by atoms with Crippen LogP contribution in [0.1, 0.15) is 29.6 Å². The molecule has 2 N–H and O–H groups in total. The molecule has 5 rings (SSSR count). The van der Waals surface area contributed by atoms with Gasteiger partial charge in [0.2, 0.25) is 5.88 Å². The van der Waals surface area contributed by atoms with Gasteiger partial charge in [0.25, 0.3) is 5.91 Å². The number of hydrogen-bond acceptors (Lipinski definition) is 6. The zero-order valence-corrected chi connectivity index (χ0v) is 16.3. The Morgan fingerprint density at radius 3 is 2.69 bits per heavy atom. The standard InChI is InChI=1S/C22H26N4O3/c27-22(24-19-14-16-6-9-18(19)23-16)15-4-7-17(8-5-15)29-21-3-1-2-20(25-21)26-10-12-28-13-11-26/h1-5,7-8,16,18-19,23H,6,9-14H2,(H,24,27). The fourth-order valence-corrected chi connectivity index (χ4v) is 4.46. The van der Waals surface area contributed by atoms with E-state index in [2.05, 4.69) is 20.5 Å². The summed E-state index contributed by atoms with van der Waals surface area (Å²) < 4.78 is 11.3. The SMILES string of the molecule is O=C(NC1CC2CCC1N2)c1ccc(Oc2cccc(N3CCOCC3)n2)cc1. The number of amides is 1. The maximum absolute atomic E-state index is 12.6. The van der Waals surface area contributed by atoms with Crippen molar-refractivity contribution < 1.29 is 14.3 Å². The second-order valence-electron chi connectivity index (χ2n) is 7.92. The predicted octanol–water partition coefficient (Wildman–Crippen LogP) is 2.33. The Labute approximate surface area is 170 Å². The summed E-state index contributed by atoms with van der Waals surface area (Å²) in [5.41, 5.74) is 0.648. The predicted molar refractivity (Wildman–Crippen MR) is 110 cm³/mol. The van der Waals surface area contributed by atoms with Crippen molar-refractivity contribution in [2.45, 2.75) is 37.4 Å². The molecule has 7 heteroatoms. The summed E-state index contributed by atoms with van der Waals surface area (Å²) in [5, 5.41) is 6.72. The van der Waals surface area contributed by atoms with E-state index in [9.17, 15) is 4.79 Å². The van der Waals surface area contributed by atoms with E-state index in [-0.39, 0.29) is 11.9 Å². The van der Waals surface area contributed by atoms with Crippen molar-refractivity contribution in [3.63, 3.8) is 0 Å². The van der Waals surface area contributed by atoms with E-state index >= 15 is 0 Å². The molecule has 3 aliphatic rings. The molecular formula is C22H26N4O3. The normalized spacial score (nSPS) is 25.8. The van der Waals surface area contributed by atoms with Crippen molar-refractivity contribution in [3.8, 4) is 11.6 Å². The smallest absolute Gasteiger partial charge is 0.251 e. The number of anilines is 1. The summed E-state index contributed by atoms with van der Waals surface area (Å²) in [6.45, 7) is 3.10. The highest BCUT2D eigenvalue weighted by Crippen LogP contribution is 2.28. The first-order valence-electron chi connectivity index (χ1n) is 10.4. The molecule has 3 saturated heterocycles. The van der Waals surface area contributed by atoms with E-state index < -0.39 is 0 Å². The highest BCUT2D eigenvalue weighted by Gasteiger charge is 2.39. The quantitative estimate of drug-likeness (QED) is 0.811. The molecular weight excluding hydrogens is 368 g/mol. The molecule has 7 nitrogen and oxygen atoms in total. The molecule has 1 amide bonds. The monoisotopic (exact) mass is 394 g/mol. The molecule has 0 aliphatic carbocycles. The van der Waals surface area contributed by atoms with Gasteiger partial charge in [-0.3, -0.25) is 4.79 Å². The molecule has 0 saturated carbocycles. The van der Waals surface area contributed by atoms with Crippen LogP contribution >= 0.6 is 0 Å². The van der Waals surface area contributed by atoms with Crippen LogP contribution in [0.15, 0.2) is 42.5 Å². The Morgan fingerprint density at radius 1 is 1.14 bits per heavy atom. The Hall–Kier alpha value is -2.64. The third-order valence-electron chi connectivity index (χ3n) is 6.00. The minimum atomic E-state index is -0.0247. The molecule has 0 spiro atoms. The lowest BCUT2D eigenvalue weighted by Crippen LogP contribution is -2.42. The molecule has 2 bridgehead atoms. The number of morpholine rings is 1. The van der Waals surface area contributed by atoms with Crippen molar-refractivity contribution in [2.75, 3.05) is 31.2 Å². The molecule has 4 heterocycles. The topological polar surface area (TPSA) is 75.7 Å². The molecule has 3 unspecified atom stereocenters. The molecule has 152 valence electrons. The number of aromatic nitrogens is 1. The molecule has 2 aromatic rings. The lowest BCUT2D eigenvalue weighted by atomic mass is 9.95. The van der Waals surface area contributed by atoms with Gasteiger partial charge in [-0.2, -0.15) is 4.98 Å². The fourth-order valence-electron chi connectivity index (χ4n) is 4.46. The lowest BCUT2D eigenvalue weighted by Gasteiger charge is -2.27. The first kappa shape index (κ1) is 18.4. The number of benzene rings is 1. The Balaban J connectivity index is 1.21. The van der Waals surface area contributed by atoms with Crippen molar-refractivity contribution in [1.29, 1.82) is 0 Å². The van der Waals surface area contributed by atoms with E-state index in [1.165, 1.54) is 6.42 Å². The number of rotatable bonds is 5. The molecule has 3 atom stereocenters. The van der Waals surface area contributed by atoms with E-state index in [1.807, 2.05) is 30.3 Å². The highest BCUT2D eigenvalue weighted by molar-refractivity contribution is 5.94. The van der Waals surface area contributed by atoms with Gasteiger partial charge in [-0.1, -0.05) is 6.07 Å². The minimum absolute atomic E-state index is 0.0247. The van der Waals surface area contributed by atoms with Crippen LogP contribution in [-0.2, 0) is 4.74 Å². The van der Waals surface area contributed by atoms with Crippen LogP contribution in [0.2, 0.25) is 0 Å². The largest absolute Gasteiger partial charge is 0.439 e. The Bertz CT molecular complexity index is 867. The maximum atomic E-state index is 12.6. The average Bonchev–Trinajstić information content (AvgIpc) is 3.38. The van der Waals surface area contributed by atoms with Crippen molar-refractivity contribution in [3.05, 3.63) is 48.0 Å². The van der Waals surface area contributed by atoms with Gasteiger partial charge < -0.3 is 25.0 Å². The van der Waals surface area contributed by atoms with E-state index in [4.69, 9.17) is 9.47 Å². The summed E-state index contributed by atoms with van der Waals surface area (Å²) in [6, 6.07) is 14.2. The van der Waals surface area contributed by atoms with Gasteiger partial charge in [0, 0.05) is 42.8 Å². The molecule has 29 heavy (non-hydrogen) atoms. The number of fused-ring (bicyclic) bond motifs is 2. The van der Waals surface area contributed by atoms with Crippen LogP contribution < -0.4 is 20.3 Å². The second-order valence-corrected chi connectivity index (χ2v) is 7.92. The number of pyridine rings is 1. The van der Waals surface area contributed by atoms with Gasteiger partial charge in [-0.15, -0.1) is 0 Å². The number of ether oxygens (including phenoxy) is 2. The highest BCUT2D eigenvalue weighted by atomic mass is 16.5. The number of hydrogen-bond donors (Lipinski definition) is 2. The van der Waals surface area contributed by atoms with E-state index in [1.54, 1.807) is 12.1 Å². The van der Waals surface area contributed by atoms with Crippen LogP contribution in [0, 0.1) is 0 Å². The van der Waals surface area contributed by atoms with Gasteiger partial charge in [0.1, 0.15) is 11.6 Å². The van der Waals surface area contributed by atoms with Crippen LogP contribution in [-0.4, -0.2) is 55.3 Å². The molecule has 1 aromatic heterocycles. The van der Waals surface area contributed by atoms with Crippen LogP contribution in [0.4, 0.5) is 5.82 Å². The number of carbonyl (C=O) groups excluding carboxylic acids is 1. The number of nitrogens with one attached hydrogen (secondary N) is 2. The summed E-state index contributed by atoms with van der Waals surface area (Å²) >= 11 is 0. The first-order chi connectivity index (χ1) is 14.2.